The Morgan fingerprint density at radius 3 is 2.48 bits per heavy atom. The van der Waals surface area contributed by atoms with Gasteiger partial charge in [-0.25, -0.2) is 4.98 Å². The zero-order chi connectivity index (χ0) is 16.4. The molecule has 2 aromatic carbocycles. The molecule has 0 N–H and O–H groups in total. The average molecular weight is 346 g/mol. The van der Waals surface area contributed by atoms with E-state index in [9.17, 15) is 4.79 Å². The van der Waals surface area contributed by atoms with Crippen LogP contribution in [-0.2, 0) is 11.2 Å². The van der Waals surface area contributed by atoms with E-state index in [1.807, 2.05) is 31.2 Å². The fraction of sp³-hybridized carbons (Fsp3) is 0.111. The van der Waals surface area contributed by atoms with Crippen LogP contribution in [0.1, 0.15) is 11.3 Å². The Balaban J connectivity index is 1.87. The molecular weight excluding hydrogens is 333 g/mol. The summed E-state index contributed by atoms with van der Waals surface area (Å²) in [6.45, 7) is 1.89. The van der Waals surface area contributed by atoms with Gasteiger partial charge in [0.2, 0.25) is 0 Å². The highest BCUT2D eigenvalue weighted by Crippen LogP contribution is 2.27. The number of aromatic nitrogens is 1. The van der Waals surface area contributed by atoms with Gasteiger partial charge in [0.05, 0.1) is 6.42 Å². The molecule has 0 saturated carbocycles. The zero-order valence-electron chi connectivity index (χ0n) is 12.3. The number of halogens is 2. The first-order chi connectivity index (χ1) is 11.0. The van der Waals surface area contributed by atoms with Crippen LogP contribution in [0.25, 0.3) is 10.9 Å². The molecule has 0 fully saturated rings. The lowest BCUT2D eigenvalue weighted by molar-refractivity contribution is -0.133. The van der Waals surface area contributed by atoms with Gasteiger partial charge in [-0.15, -0.1) is 0 Å². The van der Waals surface area contributed by atoms with Gasteiger partial charge in [-0.1, -0.05) is 47.5 Å². The van der Waals surface area contributed by atoms with E-state index in [4.69, 9.17) is 27.9 Å². The van der Waals surface area contributed by atoms with Crippen LogP contribution in [-0.4, -0.2) is 11.0 Å². The predicted octanol–water partition coefficient (Wildman–Crippen LogP) is 5.00. The van der Waals surface area contributed by atoms with Crippen molar-refractivity contribution in [3.05, 3.63) is 69.8 Å². The second-order valence-electron chi connectivity index (χ2n) is 5.13. The smallest absolute Gasteiger partial charge is 0.315 e. The molecule has 0 spiro atoms. The van der Waals surface area contributed by atoms with Gasteiger partial charge in [0.1, 0.15) is 5.52 Å². The molecule has 0 aliphatic heterocycles. The van der Waals surface area contributed by atoms with Crippen molar-refractivity contribution in [2.75, 3.05) is 0 Å². The highest BCUT2D eigenvalue weighted by Gasteiger charge is 2.14. The number of carbonyl (C=O) groups is 1. The van der Waals surface area contributed by atoms with Crippen LogP contribution in [0.3, 0.4) is 0 Å². The summed E-state index contributed by atoms with van der Waals surface area (Å²) in [4.78, 5) is 16.7. The SMILES string of the molecule is Cc1ccc2cccc(OC(=O)Cc3c(Cl)cccc3Cl)c2n1. The molecule has 0 aliphatic carbocycles. The van der Waals surface area contributed by atoms with Crippen molar-refractivity contribution in [2.24, 2.45) is 0 Å². The number of hydrogen-bond acceptors (Lipinski definition) is 3. The number of nitrogens with zero attached hydrogens (tertiary/aromatic N) is 1. The molecule has 1 heterocycles. The quantitative estimate of drug-likeness (QED) is 0.495. The Kier molecular flexibility index (Phi) is 4.51. The Hall–Kier alpha value is -2.10. The third-order valence-electron chi connectivity index (χ3n) is 3.43. The van der Waals surface area contributed by atoms with Gasteiger partial charge in [0.25, 0.3) is 0 Å². The van der Waals surface area contributed by atoms with Gasteiger partial charge in [0, 0.05) is 26.7 Å². The minimum Gasteiger partial charge on any atom is -0.424 e. The summed E-state index contributed by atoms with van der Waals surface area (Å²) < 4.78 is 5.48. The van der Waals surface area contributed by atoms with Crippen LogP contribution >= 0.6 is 23.2 Å². The Labute approximate surface area is 143 Å². The number of aryl methyl sites for hydroxylation is 1. The van der Waals surface area contributed by atoms with E-state index >= 15 is 0 Å². The standard InChI is InChI=1S/C18H13Cl2NO2/c1-11-8-9-12-4-2-7-16(18(12)21-11)23-17(22)10-13-14(19)5-3-6-15(13)20/h2-9H,10H2,1H3. The number of ether oxygens (including phenoxy) is 1. The van der Waals surface area contributed by atoms with Crippen LogP contribution in [0.5, 0.6) is 5.75 Å². The molecule has 5 heteroatoms. The van der Waals surface area contributed by atoms with Crippen molar-refractivity contribution in [3.63, 3.8) is 0 Å². The normalized spacial score (nSPS) is 10.7. The summed E-state index contributed by atoms with van der Waals surface area (Å²) in [5.74, 6) is -0.00446. The summed E-state index contributed by atoms with van der Waals surface area (Å²) in [6, 6.07) is 14.4. The third kappa shape index (κ3) is 3.46. The Morgan fingerprint density at radius 1 is 1.04 bits per heavy atom. The number of pyridine rings is 1. The van der Waals surface area contributed by atoms with Crippen LogP contribution < -0.4 is 4.74 Å². The van der Waals surface area contributed by atoms with E-state index < -0.39 is 5.97 Å². The van der Waals surface area contributed by atoms with E-state index in [2.05, 4.69) is 4.98 Å². The zero-order valence-corrected chi connectivity index (χ0v) is 13.9. The molecule has 0 aliphatic rings. The molecule has 0 saturated heterocycles. The van der Waals surface area contributed by atoms with Crippen molar-refractivity contribution in [1.29, 1.82) is 0 Å². The maximum Gasteiger partial charge on any atom is 0.315 e. The number of rotatable bonds is 3. The minimum absolute atomic E-state index is 0.000704. The molecule has 116 valence electrons. The molecule has 0 atom stereocenters. The molecule has 0 radical (unpaired) electrons. The second kappa shape index (κ2) is 6.57. The van der Waals surface area contributed by atoms with Crippen molar-refractivity contribution in [1.82, 2.24) is 4.98 Å². The van der Waals surface area contributed by atoms with Crippen LogP contribution in [0.15, 0.2) is 48.5 Å². The van der Waals surface area contributed by atoms with Gasteiger partial charge in [-0.2, -0.15) is 0 Å². The monoisotopic (exact) mass is 345 g/mol. The number of benzene rings is 2. The van der Waals surface area contributed by atoms with E-state index in [0.29, 0.717) is 26.9 Å². The maximum atomic E-state index is 12.2. The van der Waals surface area contributed by atoms with Gasteiger partial charge < -0.3 is 4.74 Å². The fourth-order valence-corrected chi connectivity index (χ4v) is 2.84. The number of hydrogen-bond donors (Lipinski definition) is 0. The summed E-state index contributed by atoms with van der Waals surface area (Å²) in [6.07, 6.45) is 0.000704. The summed E-state index contributed by atoms with van der Waals surface area (Å²) in [5, 5.41) is 1.80. The lowest BCUT2D eigenvalue weighted by Gasteiger charge is -2.09. The van der Waals surface area contributed by atoms with E-state index in [-0.39, 0.29) is 6.42 Å². The number of esters is 1. The highest BCUT2D eigenvalue weighted by atomic mass is 35.5. The lowest BCUT2D eigenvalue weighted by atomic mass is 10.1. The van der Waals surface area contributed by atoms with Gasteiger partial charge in [0.15, 0.2) is 5.75 Å². The Bertz CT molecular complexity index is 873. The number of para-hydroxylation sites is 1. The molecule has 3 rings (SSSR count). The molecule has 3 aromatic rings. The first kappa shape index (κ1) is 15.8. The summed E-state index contributed by atoms with van der Waals surface area (Å²) in [5.41, 5.74) is 2.08. The topological polar surface area (TPSA) is 39.2 Å². The van der Waals surface area contributed by atoms with Gasteiger partial charge in [-0.3, -0.25) is 4.79 Å². The van der Waals surface area contributed by atoms with Crippen molar-refractivity contribution in [3.8, 4) is 5.75 Å². The first-order valence-electron chi connectivity index (χ1n) is 7.04. The van der Waals surface area contributed by atoms with Crippen LogP contribution in [0, 0.1) is 6.92 Å². The second-order valence-corrected chi connectivity index (χ2v) is 5.95. The summed E-state index contributed by atoms with van der Waals surface area (Å²) in [7, 11) is 0. The van der Waals surface area contributed by atoms with E-state index in [0.717, 1.165) is 11.1 Å². The minimum atomic E-state index is -0.434. The van der Waals surface area contributed by atoms with E-state index in [1.165, 1.54) is 0 Å². The average Bonchev–Trinajstić information content (AvgIpc) is 2.52. The van der Waals surface area contributed by atoms with Gasteiger partial charge >= 0.3 is 5.97 Å². The third-order valence-corrected chi connectivity index (χ3v) is 4.14. The summed E-state index contributed by atoms with van der Waals surface area (Å²) >= 11 is 12.2. The molecule has 0 unspecified atom stereocenters. The van der Waals surface area contributed by atoms with Gasteiger partial charge in [-0.05, 0) is 31.2 Å². The molecule has 0 bridgehead atoms. The van der Waals surface area contributed by atoms with E-state index in [1.54, 1.807) is 24.3 Å². The van der Waals surface area contributed by atoms with Crippen LogP contribution in [0.4, 0.5) is 0 Å². The first-order valence-corrected chi connectivity index (χ1v) is 7.80. The maximum absolute atomic E-state index is 12.2. The molecule has 3 nitrogen and oxygen atoms in total. The highest BCUT2D eigenvalue weighted by molar-refractivity contribution is 6.36. The number of fused-ring (bicyclic) bond motifs is 1. The number of carbonyl (C=O) groups excluding carboxylic acids is 1. The van der Waals surface area contributed by atoms with Crippen LogP contribution in [0.2, 0.25) is 10.0 Å². The lowest BCUT2D eigenvalue weighted by Crippen LogP contribution is -2.12. The Morgan fingerprint density at radius 2 is 1.74 bits per heavy atom. The van der Waals surface area contributed by atoms with Crippen molar-refractivity contribution in [2.45, 2.75) is 13.3 Å². The largest absolute Gasteiger partial charge is 0.424 e. The predicted molar refractivity (Wildman–Crippen MR) is 92.3 cm³/mol. The molecule has 23 heavy (non-hydrogen) atoms. The molecule has 1 aromatic heterocycles. The molecular formula is C18H13Cl2NO2. The van der Waals surface area contributed by atoms with Crippen molar-refractivity contribution >= 4 is 40.1 Å². The fourth-order valence-electron chi connectivity index (χ4n) is 2.30. The molecule has 0 amide bonds. The van der Waals surface area contributed by atoms with Crippen molar-refractivity contribution < 1.29 is 9.53 Å².